The molecule has 0 radical (unpaired) electrons. The fourth-order valence-electron chi connectivity index (χ4n) is 4.56. The van der Waals surface area contributed by atoms with E-state index in [-0.39, 0.29) is 5.60 Å². The smallest absolute Gasteiger partial charge is 0.0928 e. The highest BCUT2D eigenvalue weighted by atomic mass is 16.5. The lowest BCUT2D eigenvalue weighted by molar-refractivity contribution is -0.0636. The Labute approximate surface area is 165 Å². The molecule has 0 heterocycles. The predicted molar refractivity (Wildman–Crippen MR) is 114 cm³/mol. The van der Waals surface area contributed by atoms with Gasteiger partial charge in [-0.05, 0) is 55.7 Å². The molecule has 0 aliphatic heterocycles. The molecule has 1 nitrogen and oxygen atoms in total. The molecule has 0 aromatic heterocycles. The summed E-state index contributed by atoms with van der Waals surface area (Å²) in [7, 11) is 0. The Morgan fingerprint density at radius 1 is 1.00 bits per heavy atom. The van der Waals surface area contributed by atoms with Gasteiger partial charge in [-0.25, -0.2) is 0 Å². The van der Waals surface area contributed by atoms with Gasteiger partial charge in [-0.15, -0.1) is 0 Å². The zero-order valence-corrected chi connectivity index (χ0v) is 17.0. The number of hydrogen-bond donors (Lipinski definition) is 0. The van der Waals surface area contributed by atoms with Gasteiger partial charge in [0.2, 0.25) is 0 Å². The molecular weight excluding hydrogens is 328 g/mol. The summed E-state index contributed by atoms with van der Waals surface area (Å²) in [5.41, 5.74) is 2.08. The highest BCUT2D eigenvalue weighted by Gasteiger charge is 2.39. The molecule has 1 atom stereocenters. The van der Waals surface area contributed by atoms with E-state index in [0.717, 1.165) is 36.5 Å². The Kier molecular flexibility index (Phi) is 7.36. The highest BCUT2D eigenvalue weighted by Crippen LogP contribution is 2.43. The molecule has 0 N–H and O–H groups in total. The summed E-state index contributed by atoms with van der Waals surface area (Å²) < 4.78 is 6.49. The number of allylic oxidation sites excluding steroid dienone is 2. The Morgan fingerprint density at radius 2 is 1.78 bits per heavy atom. The minimum absolute atomic E-state index is 0.106. The van der Waals surface area contributed by atoms with Gasteiger partial charge in [-0.2, -0.15) is 0 Å². The summed E-state index contributed by atoms with van der Waals surface area (Å²) in [6, 6.07) is 10.2. The third kappa shape index (κ3) is 5.36. The molecule has 1 fully saturated rings. The van der Waals surface area contributed by atoms with Gasteiger partial charge in [0.25, 0.3) is 0 Å². The second-order valence-corrected chi connectivity index (χ2v) is 8.12. The lowest BCUT2D eigenvalue weighted by atomic mass is 9.70. The van der Waals surface area contributed by atoms with E-state index in [1.165, 1.54) is 38.5 Å². The first kappa shape index (κ1) is 20.0. The van der Waals surface area contributed by atoms with Crippen molar-refractivity contribution in [2.24, 2.45) is 11.8 Å². The molecule has 0 bridgehead atoms. The normalized spacial score (nSPS) is 27.6. The van der Waals surface area contributed by atoms with E-state index in [2.05, 4.69) is 56.0 Å². The third-order valence-electron chi connectivity index (χ3n) is 6.12. The van der Waals surface area contributed by atoms with Crippen molar-refractivity contribution < 1.29 is 4.74 Å². The summed E-state index contributed by atoms with van der Waals surface area (Å²) in [5.74, 6) is 8.18. The zero-order chi connectivity index (χ0) is 19.0. The van der Waals surface area contributed by atoms with Gasteiger partial charge in [0, 0.05) is 17.7 Å². The SMILES string of the molecule is CCCOC1(C2CCC(CCC)CC2)C=CC(C#Cc2ccccc2)=CC1. The molecule has 2 aliphatic rings. The van der Waals surface area contributed by atoms with Crippen LogP contribution in [0.1, 0.15) is 70.8 Å². The highest BCUT2D eigenvalue weighted by molar-refractivity contribution is 5.47. The summed E-state index contributed by atoms with van der Waals surface area (Å²) in [6.07, 6.45) is 16.9. The average Bonchev–Trinajstić information content (AvgIpc) is 2.73. The van der Waals surface area contributed by atoms with Crippen LogP contribution in [-0.2, 0) is 4.74 Å². The van der Waals surface area contributed by atoms with Gasteiger partial charge in [0.15, 0.2) is 0 Å². The first-order valence-corrected chi connectivity index (χ1v) is 10.9. The largest absolute Gasteiger partial charge is 0.370 e. The molecule has 1 aromatic rings. The molecule has 0 spiro atoms. The van der Waals surface area contributed by atoms with Crippen molar-refractivity contribution >= 4 is 0 Å². The van der Waals surface area contributed by atoms with Crippen LogP contribution >= 0.6 is 0 Å². The van der Waals surface area contributed by atoms with Gasteiger partial charge in [-0.1, -0.05) is 81.7 Å². The molecule has 144 valence electrons. The fourth-order valence-corrected chi connectivity index (χ4v) is 4.56. The Balaban J connectivity index is 1.68. The number of hydrogen-bond acceptors (Lipinski definition) is 1. The van der Waals surface area contributed by atoms with Crippen LogP contribution in [-0.4, -0.2) is 12.2 Å². The monoisotopic (exact) mass is 362 g/mol. The molecule has 27 heavy (non-hydrogen) atoms. The molecule has 3 rings (SSSR count). The number of ether oxygens (including phenoxy) is 1. The van der Waals surface area contributed by atoms with Crippen molar-refractivity contribution in [2.45, 2.75) is 70.8 Å². The van der Waals surface area contributed by atoms with Gasteiger partial charge < -0.3 is 4.74 Å². The van der Waals surface area contributed by atoms with Crippen molar-refractivity contribution in [3.05, 3.63) is 59.7 Å². The number of benzene rings is 1. The van der Waals surface area contributed by atoms with Crippen molar-refractivity contribution in [1.29, 1.82) is 0 Å². The van der Waals surface area contributed by atoms with E-state index in [9.17, 15) is 0 Å². The van der Waals surface area contributed by atoms with Crippen LogP contribution in [0.2, 0.25) is 0 Å². The van der Waals surface area contributed by atoms with Crippen LogP contribution in [0, 0.1) is 23.7 Å². The maximum Gasteiger partial charge on any atom is 0.0928 e. The molecule has 1 saturated carbocycles. The fraction of sp³-hybridized carbons (Fsp3) is 0.538. The average molecular weight is 363 g/mol. The minimum atomic E-state index is -0.106. The maximum atomic E-state index is 6.49. The van der Waals surface area contributed by atoms with Crippen molar-refractivity contribution in [1.82, 2.24) is 0 Å². The topological polar surface area (TPSA) is 9.23 Å². The molecule has 0 amide bonds. The first-order valence-electron chi connectivity index (χ1n) is 10.9. The van der Waals surface area contributed by atoms with Crippen molar-refractivity contribution in [3.63, 3.8) is 0 Å². The third-order valence-corrected chi connectivity index (χ3v) is 6.12. The van der Waals surface area contributed by atoms with E-state index in [4.69, 9.17) is 4.74 Å². The van der Waals surface area contributed by atoms with Crippen LogP contribution < -0.4 is 0 Å². The van der Waals surface area contributed by atoms with Gasteiger partial charge in [-0.3, -0.25) is 0 Å². The standard InChI is InChI=1S/C26H34O/c1-3-8-22-13-15-25(16-14-22)26(27-21-4-2)19-17-24(18-20-26)12-11-23-9-6-5-7-10-23/h5-7,9-10,17-19,22,25H,3-4,8,13-16,20-21H2,1-2H3. The maximum absolute atomic E-state index is 6.49. The van der Waals surface area contributed by atoms with Gasteiger partial charge in [0.1, 0.15) is 0 Å². The predicted octanol–water partition coefficient (Wildman–Crippen LogP) is 6.70. The lowest BCUT2D eigenvalue weighted by Crippen LogP contribution is -2.42. The quantitative estimate of drug-likeness (QED) is 0.512. The Morgan fingerprint density at radius 3 is 2.41 bits per heavy atom. The van der Waals surface area contributed by atoms with E-state index in [1.54, 1.807) is 0 Å². The Hall–Kier alpha value is -1.78. The summed E-state index contributed by atoms with van der Waals surface area (Å²) in [4.78, 5) is 0. The van der Waals surface area contributed by atoms with Crippen LogP contribution in [0.15, 0.2) is 54.1 Å². The Bertz CT molecular complexity index is 695. The zero-order valence-electron chi connectivity index (χ0n) is 17.0. The number of rotatable bonds is 6. The van der Waals surface area contributed by atoms with E-state index in [0.29, 0.717) is 5.92 Å². The van der Waals surface area contributed by atoms with E-state index in [1.807, 2.05) is 18.2 Å². The van der Waals surface area contributed by atoms with Gasteiger partial charge in [0.05, 0.1) is 5.60 Å². The van der Waals surface area contributed by atoms with Crippen molar-refractivity contribution in [2.75, 3.05) is 6.61 Å². The molecule has 2 aliphatic carbocycles. The lowest BCUT2D eigenvalue weighted by Gasteiger charge is -2.43. The van der Waals surface area contributed by atoms with Crippen LogP contribution in [0.5, 0.6) is 0 Å². The molecule has 1 aromatic carbocycles. The molecule has 0 saturated heterocycles. The second kappa shape index (κ2) is 9.95. The summed E-state index contributed by atoms with van der Waals surface area (Å²) in [5, 5.41) is 0. The van der Waals surface area contributed by atoms with Crippen LogP contribution in [0.4, 0.5) is 0 Å². The van der Waals surface area contributed by atoms with E-state index >= 15 is 0 Å². The summed E-state index contributed by atoms with van der Waals surface area (Å²) >= 11 is 0. The van der Waals surface area contributed by atoms with Crippen LogP contribution in [0.3, 0.4) is 0 Å². The second-order valence-electron chi connectivity index (χ2n) is 8.12. The molecule has 1 heteroatoms. The van der Waals surface area contributed by atoms with Gasteiger partial charge >= 0.3 is 0 Å². The van der Waals surface area contributed by atoms with E-state index < -0.39 is 0 Å². The summed E-state index contributed by atoms with van der Waals surface area (Å²) in [6.45, 7) is 5.35. The first-order chi connectivity index (χ1) is 13.3. The van der Waals surface area contributed by atoms with Crippen LogP contribution in [0.25, 0.3) is 0 Å². The van der Waals surface area contributed by atoms with Crippen molar-refractivity contribution in [3.8, 4) is 11.8 Å². The molecular formula is C26H34O. The minimum Gasteiger partial charge on any atom is -0.370 e. The molecule has 1 unspecified atom stereocenters.